The fraction of sp³-hybridized carbons (Fsp3) is 0.647. The van der Waals surface area contributed by atoms with Gasteiger partial charge in [0.05, 0.1) is 31.1 Å². The molecule has 1 aromatic heterocycles. The highest BCUT2D eigenvalue weighted by atomic mass is 19.4. The van der Waals surface area contributed by atoms with Gasteiger partial charge in [-0.25, -0.2) is 19.2 Å². The van der Waals surface area contributed by atoms with Gasteiger partial charge in [0.15, 0.2) is 5.82 Å². The number of carboxylic acid groups (broad SMARTS) is 1. The third-order valence-corrected chi connectivity index (χ3v) is 4.55. The van der Waals surface area contributed by atoms with Gasteiger partial charge in [-0.1, -0.05) is 0 Å². The van der Waals surface area contributed by atoms with Crippen molar-refractivity contribution in [2.75, 3.05) is 31.7 Å². The first kappa shape index (κ1) is 23.7. The topological polar surface area (TPSA) is 114 Å². The van der Waals surface area contributed by atoms with Crippen LogP contribution in [0.1, 0.15) is 19.3 Å². The zero-order valence-corrected chi connectivity index (χ0v) is 16.1. The largest absolute Gasteiger partial charge is 0.490 e. The van der Waals surface area contributed by atoms with Gasteiger partial charge in [0.25, 0.3) is 0 Å². The molecule has 0 spiro atoms. The predicted octanol–water partition coefficient (Wildman–Crippen LogP) is 1.14. The lowest BCUT2D eigenvalue weighted by molar-refractivity contribution is -0.192. The van der Waals surface area contributed by atoms with Crippen molar-refractivity contribution in [2.45, 2.75) is 43.7 Å². The van der Waals surface area contributed by atoms with Gasteiger partial charge in [-0.15, -0.1) is 0 Å². The number of aliphatic carboxylic acids is 1. The molecule has 2 aliphatic heterocycles. The van der Waals surface area contributed by atoms with Crippen LogP contribution in [0.5, 0.6) is 0 Å². The first-order valence-corrected chi connectivity index (χ1v) is 9.10. The molecule has 0 radical (unpaired) electrons. The highest BCUT2D eigenvalue weighted by Crippen LogP contribution is 2.33. The summed E-state index contributed by atoms with van der Waals surface area (Å²) in [5.74, 6) is -2.77. The lowest BCUT2D eigenvalue weighted by atomic mass is 9.99. The maximum atomic E-state index is 13.0. The molecule has 0 saturated carbocycles. The van der Waals surface area contributed by atoms with Crippen LogP contribution in [0.4, 0.5) is 23.5 Å². The Morgan fingerprint density at radius 1 is 1.30 bits per heavy atom. The number of halogens is 4. The summed E-state index contributed by atoms with van der Waals surface area (Å²) in [6.45, 7) is 1.72. The number of methoxy groups -OCH3 is 1. The molecule has 0 aliphatic carbocycles. The van der Waals surface area contributed by atoms with Crippen LogP contribution >= 0.6 is 0 Å². The normalized spacial score (nSPS) is 23.2. The van der Waals surface area contributed by atoms with E-state index in [-0.39, 0.29) is 18.1 Å². The zero-order valence-electron chi connectivity index (χ0n) is 16.1. The van der Waals surface area contributed by atoms with Crippen LogP contribution in [-0.2, 0) is 19.1 Å². The van der Waals surface area contributed by atoms with Crippen LogP contribution in [-0.4, -0.2) is 78.2 Å². The van der Waals surface area contributed by atoms with Crippen LogP contribution in [0.15, 0.2) is 12.4 Å². The first-order chi connectivity index (χ1) is 14.1. The summed E-state index contributed by atoms with van der Waals surface area (Å²) in [4.78, 5) is 31.1. The number of anilines is 1. The second-order valence-corrected chi connectivity index (χ2v) is 6.58. The smallest absolute Gasteiger partial charge is 0.475 e. The highest BCUT2D eigenvalue weighted by molar-refractivity contribution is 5.80. The summed E-state index contributed by atoms with van der Waals surface area (Å²) in [5.41, 5.74) is 0. The molecule has 2 fully saturated rings. The maximum Gasteiger partial charge on any atom is 0.490 e. The van der Waals surface area contributed by atoms with Crippen molar-refractivity contribution in [1.82, 2.24) is 15.3 Å². The molecule has 30 heavy (non-hydrogen) atoms. The zero-order chi connectivity index (χ0) is 22.3. The summed E-state index contributed by atoms with van der Waals surface area (Å²) < 4.78 is 55.6. The second-order valence-electron chi connectivity index (χ2n) is 6.58. The van der Waals surface area contributed by atoms with Gasteiger partial charge < -0.3 is 24.8 Å². The Morgan fingerprint density at radius 2 is 1.93 bits per heavy atom. The Morgan fingerprint density at radius 3 is 2.50 bits per heavy atom. The average molecular weight is 438 g/mol. The van der Waals surface area contributed by atoms with Gasteiger partial charge in [0.2, 0.25) is 11.9 Å². The molecule has 0 bridgehead atoms. The number of fused-ring (bicyclic) bond motifs is 1. The molecule has 13 heteroatoms. The number of hydrogen-bond donors (Lipinski definition) is 2. The van der Waals surface area contributed by atoms with Gasteiger partial charge in [-0.2, -0.15) is 13.2 Å². The average Bonchev–Trinajstić information content (AvgIpc) is 3.11. The quantitative estimate of drug-likeness (QED) is 0.520. The summed E-state index contributed by atoms with van der Waals surface area (Å²) >= 11 is 0. The summed E-state index contributed by atoms with van der Waals surface area (Å²) in [6.07, 6.45) is -0.882. The molecule has 2 saturated heterocycles. The molecule has 3 rings (SSSR count). The number of alkyl halides is 3. The lowest BCUT2D eigenvalue weighted by Gasteiger charge is -2.35. The summed E-state index contributed by atoms with van der Waals surface area (Å²) in [6, 6.07) is 0.142. The van der Waals surface area contributed by atoms with Gasteiger partial charge in [0.1, 0.15) is 6.10 Å². The minimum atomic E-state index is -5.08. The summed E-state index contributed by atoms with van der Waals surface area (Å²) in [7, 11) is 1.60. The maximum absolute atomic E-state index is 13.0. The fourth-order valence-electron chi connectivity index (χ4n) is 3.21. The molecular formula is C17H22F4N4O5. The van der Waals surface area contributed by atoms with E-state index in [4.69, 9.17) is 19.4 Å². The number of hydrogen-bond acceptors (Lipinski definition) is 7. The molecule has 3 atom stereocenters. The van der Waals surface area contributed by atoms with Crippen LogP contribution in [0.2, 0.25) is 0 Å². The van der Waals surface area contributed by atoms with Crippen LogP contribution in [0.3, 0.4) is 0 Å². The van der Waals surface area contributed by atoms with E-state index in [0.29, 0.717) is 25.5 Å². The van der Waals surface area contributed by atoms with E-state index in [1.807, 2.05) is 4.90 Å². The van der Waals surface area contributed by atoms with Gasteiger partial charge in [0, 0.05) is 20.2 Å². The Hall–Kier alpha value is -2.54. The number of carbonyl (C=O) groups is 2. The minimum Gasteiger partial charge on any atom is -0.475 e. The van der Waals surface area contributed by atoms with Crippen molar-refractivity contribution in [3.8, 4) is 0 Å². The first-order valence-electron chi connectivity index (χ1n) is 9.10. The van der Waals surface area contributed by atoms with E-state index in [9.17, 15) is 22.4 Å². The molecule has 9 nitrogen and oxygen atoms in total. The number of carboxylic acids is 1. The van der Waals surface area contributed by atoms with Crippen molar-refractivity contribution >= 4 is 17.8 Å². The number of amides is 1. The minimum absolute atomic E-state index is 0.0180. The molecule has 1 aromatic rings. The molecule has 2 aliphatic rings. The van der Waals surface area contributed by atoms with Gasteiger partial charge in [-0.05, 0) is 19.3 Å². The number of rotatable bonds is 5. The van der Waals surface area contributed by atoms with Crippen molar-refractivity contribution in [1.29, 1.82) is 0 Å². The monoisotopic (exact) mass is 438 g/mol. The van der Waals surface area contributed by atoms with Crippen molar-refractivity contribution in [3.05, 3.63) is 18.2 Å². The van der Waals surface area contributed by atoms with Crippen LogP contribution in [0, 0.1) is 5.82 Å². The number of aromatic nitrogens is 2. The van der Waals surface area contributed by atoms with E-state index >= 15 is 0 Å². The molecular weight excluding hydrogens is 416 g/mol. The summed E-state index contributed by atoms with van der Waals surface area (Å²) in [5, 5.41) is 9.94. The Labute approximate surface area is 169 Å². The number of ether oxygens (including phenoxy) is 2. The number of carbonyl (C=O) groups excluding carboxylic acids is 1. The fourth-order valence-corrected chi connectivity index (χ4v) is 3.21. The highest BCUT2D eigenvalue weighted by Gasteiger charge is 2.42. The Kier molecular flexibility index (Phi) is 8.29. The van der Waals surface area contributed by atoms with E-state index in [1.54, 1.807) is 7.11 Å². The SMILES string of the molecule is COCCNC(=O)[C@@H]1CC[C@@H]2[C@@H](CCN2c2ncc(F)cn2)O1.O=C(O)C(F)(F)F. The molecule has 2 N–H and O–H groups in total. The second kappa shape index (κ2) is 10.5. The Balaban J connectivity index is 0.000000396. The lowest BCUT2D eigenvalue weighted by Crippen LogP contribution is -2.48. The van der Waals surface area contributed by atoms with Gasteiger partial charge in [-0.3, -0.25) is 4.79 Å². The molecule has 0 aromatic carbocycles. The van der Waals surface area contributed by atoms with Crippen molar-refractivity contribution in [2.24, 2.45) is 0 Å². The number of nitrogens with zero attached hydrogens (tertiary/aromatic N) is 3. The molecule has 1 amide bonds. The van der Waals surface area contributed by atoms with Crippen molar-refractivity contribution < 1.29 is 41.7 Å². The molecule has 0 unspecified atom stereocenters. The standard InChI is InChI=1S/C15H21FN4O3.C2HF3O2/c1-22-7-5-17-14(21)13-3-2-11-12(23-13)4-6-20(11)15-18-8-10(16)9-19-15;3-2(4,5)1(6)7/h8-9,11-13H,2-7H2,1H3,(H,17,21);(H,6,7)/t11-,12-,13+;/m1./s1. The number of nitrogens with one attached hydrogen (secondary N) is 1. The Bertz CT molecular complexity index is 719. The van der Waals surface area contributed by atoms with E-state index in [0.717, 1.165) is 19.4 Å². The van der Waals surface area contributed by atoms with E-state index < -0.39 is 24.1 Å². The van der Waals surface area contributed by atoms with Crippen LogP contribution < -0.4 is 10.2 Å². The van der Waals surface area contributed by atoms with Crippen molar-refractivity contribution in [3.63, 3.8) is 0 Å². The van der Waals surface area contributed by atoms with Gasteiger partial charge >= 0.3 is 12.1 Å². The third-order valence-electron chi connectivity index (χ3n) is 4.55. The predicted molar refractivity (Wildman–Crippen MR) is 94.2 cm³/mol. The third kappa shape index (κ3) is 6.49. The molecule has 168 valence electrons. The van der Waals surface area contributed by atoms with E-state index in [1.165, 1.54) is 12.4 Å². The van der Waals surface area contributed by atoms with Crippen LogP contribution in [0.25, 0.3) is 0 Å². The van der Waals surface area contributed by atoms with E-state index in [2.05, 4.69) is 15.3 Å². The molecule has 3 heterocycles.